The molecular weight excluding hydrogens is 404 g/mol. The van der Waals surface area contributed by atoms with Crippen LogP contribution >= 0.6 is 0 Å². The minimum atomic E-state index is 0.510. The molecule has 3 heteroatoms. The van der Waals surface area contributed by atoms with Crippen LogP contribution in [0.3, 0.4) is 0 Å². The third-order valence-corrected chi connectivity index (χ3v) is 11.8. The third kappa shape index (κ3) is 3.17. The Bertz CT molecular complexity index is 854. The SMILES string of the molecule is COC1CCC2CC3N(CC4CC4)CCC4(C2C1)C1CCC34CCC1NCc1ccccc1. The lowest BCUT2D eigenvalue weighted by Crippen LogP contribution is -2.72. The summed E-state index contributed by atoms with van der Waals surface area (Å²) in [5.41, 5.74) is 2.62. The van der Waals surface area contributed by atoms with Crippen molar-refractivity contribution in [1.82, 2.24) is 10.2 Å². The second-order valence-corrected chi connectivity index (χ2v) is 12.8. The van der Waals surface area contributed by atoms with Crippen molar-refractivity contribution < 1.29 is 4.74 Å². The first-order chi connectivity index (χ1) is 16.2. The quantitative estimate of drug-likeness (QED) is 0.609. The Hall–Kier alpha value is -0.900. The summed E-state index contributed by atoms with van der Waals surface area (Å²) in [5, 5.41) is 4.12. The molecule has 8 unspecified atom stereocenters. The summed E-state index contributed by atoms with van der Waals surface area (Å²) < 4.78 is 6.03. The van der Waals surface area contributed by atoms with Crippen LogP contribution in [-0.2, 0) is 11.3 Å². The average molecular weight is 449 g/mol. The summed E-state index contributed by atoms with van der Waals surface area (Å²) in [7, 11) is 1.97. The molecule has 0 spiro atoms. The van der Waals surface area contributed by atoms with Crippen molar-refractivity contribution in [3.63, 3.8) is 0 Å². The molecule has 0 amide bonds. The number of rotatable bonds is 6. The molecule has 5 saturated carbocycles. The zero-order valence-electron chi connectivity index (χ0n) is 20.7. The van der Waals surface area contributed by atoms with E-state index in [4.69, 9.17) is 4.74 Å². The summed E-state index contributed by atoms with van der Waals surface area (Å²) in [6, 6.07) is 12.7. The van der Waals surface area contributed by atoms with E-state index in [0.717, 1.165) is 36.3 Å². The van der Waals surface area contributed by atoms with Gasteiger partial charge in [0, 0.05) is 32.3 Å². The molecule has 1 N–H and O–H groups in total. The minimum absolute atomic E-state index is 0.510. The molecule has 1 aromatic rings. The van der Waals surface area contributed by atoms with Crippen LogP contribution in [0.2, 0.25) is 0 Å². The molecule has 180 valence electrons. The molecular formula is C30H44N2O. The Balaban J connectivity index is 1.22. The maximum absolute atomic E-state index is 6.03. The molecule has 3 nitrogen and oxygen atoms in total. The summed E-state index contributed by atoms with van der Waals surface area (Å²) in [6.07, 6.45) is 16.4. The molecule has 4 bridgehead atoms. The van der Waals surface area contributed by atoms with Gasteiger partial charge in [-0.15, -0.1) is 0 Å². The molecule has 1 saturated heterocycles. The Kier molecular flexibility index (Phi) is 5.23. The van der Waals surface area contributed by atoms with Gasteiger partial charge in [0.25, 0.3) is 0 Å². The highest BCUT2D eigenvalue weighted by molar-refractivity contribution is 5.25. The van der Waals surface area contributed by atoms with Gasteiger partial charge in [0.15, 0.2) is 0 Å². The highest BCUT2D eigenvalue weighted by atomic mass is 16.5. The van der Waals surface area contributed by atoms with Gasteiger partial charge in [0.1, 0.15) is 0 Å². The number of nitrogens with zero attached hydrogens (tertiary/aromatic N) is 1. The molecule has 0 aromatic heterocycles. The van der Waals surface area contributed by atoms with Gasteiger partial charge in [-0.1, -0.05) is 30.3 Å². The zero-order valence-corrected chi connectivity index (χ0v) is 20.7. The van der Waals surface area contributed by atoms with Crippen LogP contribution < -0.4 is 5.32 Å². The van der Waals surface area contributed by atoms with Crippen molar-refractivity contribution in [3.05, 3.63) is 35.9 Å². The molecule has 33 heavy (non-hydrogen) atoms. The number of likely N-dealkylation sites (tertiary alicyclic amines) is 1. The molecule has 5 aliphatic carbocycles. The second kappa shape index (κ2) is 8.07. The predicted molar refractivity (Wildman–Crippen MR) is 133 cm³/mol. The van der Waals surface area contributed by atoms with E-state index in [1.54, 1.807) is 0 Å². The number of piperidine rings is 1. The first-order valence-corrected chi connectivity index (χ1v) is 14.3. The van der Waals surface area contributed by atoms with E-state index < -0.39 is 0 Å². The van der Waals surface area contributed by atoms with E-state index in [9.17, 15) is 0 Å². The topological polar surface area (TPSA) is 24.5 Å². The Morgan fingerprint density at radius 3 is 2.61 bits per heavy atom. The van der Waals surface area contributed by atoms with Gasteiger partial charge < -0.3 is 10.1 Å². The van der Waals surface area contributed by atoms with Crippen molar-refractivity contribution in [2.45, 2.75) is 95.4 Å². The van der Waals surface area contributed by atoms with Crippen molar-refractivity contribution in [2.24, 2.45) is 34.5 Å². The fourth-order valence-electron chi connectivity index (χ4n) is 10.5. The van der Waals surface area contributed by atoms with Gasteiger partial charge in [0.05, 0.1) is 6.10 Å². The van der Waals surface area contributed by atoms with Crippen molar-refractivity contribution >= 4 is 0 Å². The van der Waals surface area contributed by atoms with Crippen LogP contribution in [0.15, 0.2) is 30.3 Å². The predicted octanol–water partition coefficient (Wildman–Crippen LogP) is 5.64. The van der Waals surface area contributed by atoms with Gasteiger partial charge in [-0.2, -0.15) is 0 Å². The van der Waals surface area contributed by atoms with Gasteiger partial charge in [0.2, 0.25) is 0 Å². The van der Waals surface area contributed by atoms with Crippen LogP contribution in [-0.4, -0.2) is 43.3 Å². The van der Waals surface area contributed by atoms with Crippen molar-refractivity contribution in [3.8, 4) is 0 Å². The Morgan fingerprint density at radius 2 is 1.79 bits per heavy atom. The second-order valence-electron chi connectivity index (χ2n) is 12.8. The minimum Gasteiger partial charge on any atom is -0.381 e. The summed E-state index contributed by atoms with van der Waals surface area (Å²) in [4.78, 5) is 3.05. The number of hydrogen-bond acceptors (Lipinski definition) is 3. The summed E-state index contributed by atoms with van der Waals surface area (Å²) >= 11 is 0. The zero-order chi connectivity index (χ0) is 22.0. The van der Waals surface area contributed by atoms with E-state index in [0.29, 0.717) is 23.0 Å². The average Bonchev–Trinajstić information content (AvgIpc) is 3.63. The molecule has 6 fully saturated rings. The lowest BCUT2D eigenvalue weighted by atomic mass is 9.38. The van der Waals surface area contributed by atoms with Crippen LogP contribution in [0.5, 0.6) is 0 Å². The van der Waals surface area contributed by atoms with E-state index in [1.807, 2.05) is 7.11 Å². The van der Waals surface area contributed by atoms with Gasteiger partial charge >= 0.3 is 0 Å². The van der Waals surface area contributed by atoms with Crippen LogP contribution in [0, 0.1) is 34.5 Å². The molecule has 7 rings (SSSR count). The largest absolute Gasteiger partial charge is 0.381 e. The van der Waals surface area contributed by atoms with E-state index in [-0.39, 0.29) is 0 Å². The lowest BCUT2D eigenvalue weighted by molar-refractivity contribution is -0.225. The standard InChI is InChI=1S/C30H44N2O/c1-33-24-10-9-23-17-28-29-13-11-25(27(12-14-29)31-19-21-5-3-2-4-6-21)30(29,26(23)18-24)15-16-32(28)20-22-7-8-22/h2-6,22-28,31H,7-20H2,1H3. The van der Waals surface area contributed by atoms with Crippen LogP contribution in [0.4, 0.5) is 0 Å². The summed E-state index contributed by atoms with van der Waals surface area (Å²) in [6.45, 7) is 3.84. The Labute approximate surface area is 201 Å². The molecule has 8 atom stereocenters. The molecule has 1 aromatic carbocycles. The van der Waals surface area contributed by atoms with Crippen LogP contribution in [0.25, 0.3) is 0 Å². The van der Waals surface area contributed by atoms with Crippen molar-refractivity contribution in [1.29, 1.82) is 0 Å². The van der Waals surface area contributed by atoms with E-state index in [2.05, 4.69) is 40.5 Å². The van der Waals surface area contributed by atoms with E-state index >= 15 is 0 Å². The first kappa shape index (κ1) is 21.4. The highest BCUT2D eigenvalue weighted by Gasteiger charge is 2.74. The molecule has 1 aliphatic heterocycles. The number of fused-ring (bicyclic) bond motifs is 1. The van der Waals surface area contributed by atoms with Gasteiger partial charge in [-0.05, 0) is 117 Å². The van der Waals surface area contributed by atoms with Gasteiger partial charge in [-0.3, -0.25) is 4.90 Å². The number of benzene rings is 1. The normalized spacial score (nSPS) is 46.6. The molecule has 6 aliphatic rings. The number of hydrogen-bond donors (Lipinski definition) is 1. The Morgan fingerprint density at radius 1 is 0.939 bits per heavy atom. The molecule has 0 radical (unpaired) electrons. The summed E-state index contributed by atoms with van der Waals surface area (Å²) in [5.74, 6) is 3.76. The van der Waals surface area contributed by atoms with Gasteiger partial charge in [-0.25, -0.2) is 0 Å². The fourth-order valence-corrected chi connectivity index (χ4v) is 10.5. The van der Waals surface area contributed by atoms with Crippen molar-refractivity contribution in [2.75, 3.05) is 20.2 Å². The van der Waals surface area contributed by atoms with Crippen LogP contribution in [0.1, 0.15) is 76.2 Å². The maximum atomic E-state index is 6.03. The molecule has 1 heterocycles. The van der Waals surface area contributed by atoms with E-state index in [1.165, 1.54) is 89.3 Å². The monoisotopic (exact) mass is 448 g/mol. The first-order valence-electron chi connectivity index (χ1n) is 14.3. The third-order valence-electron chi connectivity index (χ3n) is 11.8. The lowest BCUT2D eigenvalue weighted by Gasteiger charge is -2.71. The smallest absolute Gasteiger partial charge is 0.0574 e. The number of methoxy groups -OCH3 is 1. The maximum Gasteiger partial charge on any atom is 0.0574 e. The highest BCUT2D eigenvalue weighted by Crippen LogP contribution is 2.77. The number of ether oxygens (including phenoxy) is 1. The fraction of sp³-hybridized carbons (Fsp3) is 0.800. The number of nitrogens with one attached hydrogen (secondary N) is 1.